The van der Waals surface area contributed by atoms with Crippen molar-refractivity contribution >= 4 is 5.69 Å². The summed E-state index contributed by atoms with van der Waals surface area (Å²) in [6.45, 7) is 0. The fourth-order valence-electron chi connectivity index (χ4n) is 1.53. The van der Waals surface area contributed by atoms with Crippen LogP contribution < -0.4 is 5.73 Å². The third-order valence-electron chi connectivity index (χ3n) is 2.27. The number of rotatable bonds is 1. The van der Waals surface area contributed by atoms with E-state index >= 15 is 0 Å². The van der Waals surface area contributed by atoms with Gasteiger partial charge in [-0.3, -0.25) is 0 Å². The van der Waals surface area contributed by atoms with Gasteiger partial charge >= 0.3 is 0 Å². The molecule has 0 spiro atoms. The molecule has 0 bridgehead atoms. The summed E-state index contributed by atoms with van der Waals surface area (Å²) in [5.74, 6) is -4.24. The fourth-order valence-corrected chi connectivity index (χ4v) is 1.53. The molecule has 2 aromatic rings. The van der Waals surface area contributed by atoms with Crippen LogP contribution in [0.3, 0.4) is 0 Å². The van der Waals surface area contributed by atoms with E-state index in [9.17, 15) is 17.6 Å². The molecular weight excluding hydrogens is 234 g/mol. The minimum absolute atomic E-state index is 0.157. The van der Waals surface area contributed by atoms with Gasteiger partial charge in [0.05, 0.1) is 5.56 Å². The number of nitrogens with two attached hydrogens (primary N) is 1. The number of hydrogen-bond donors (Lipinski definition) is 1. The lowest BCUT2D eigenvalue weighted by Crippen LogP contribution is -1.96. The highest BCUT2D eigenvalue weighted by molar-refractivity contribution is 5.69. The van der Waals surface area contributed by atoms with Crippen molar-refractivity contribution < 1.29 is 17.6 Å². The Labute approximate surface area is 94.5 Å². The number of anilines is 1. The van der Waals surface area contributed by atoms with Gasteiger partial charge in [-0.15, -0.1) is 0 Å². The Bertz CT molecular complexity index is 558. The van der Waals surface area contributed by atoms with E-state index in [1.807, 2.05) is 0 Å². The van der Waals surface area contributed by atoms with E-state index in [-0.39, 0.29) is 11.3 Å². The molecule has 2 aromatic carbocycles. The molecule has 0 unspecified atom stereocenters. The molecule has 0 amide bonds. The van der Waals surface area contributed by atoms with E-state index in [1.54, 1.807) is 0 Å². The first-order valence-electron chi connectivity index (χ1n) is 4.69. The molecule has 2 rings (SSSR count). The summed E-state index contributed by atoms with van der Waals surface area (Å²) < 4.78 is 53.0. The van der Waals surface area contributed by atoms with Gasteiger partial charge in [-0.05, 0) is 18.2 Å². The van der Waals surface area contributed by atoms with E-state index in [4.69, 9.17) is 5.73 Å². The Kier molecular flexibility index (Phi) is 2.75. The van der Waals surface area contributed by atoms with Crippen LogP contribution in [-0.2, 0) is 0 Å². The molecular formula is C12H7F4N. The van der Waals surface area contributed by atoms with Crippen LogP contribution >= 0.6 is 0 Å². The first kappa shape index (κ1) is 11.4. The summed E-state index contributed by atoms with van der Waals surface area (Å²) in [5.41, 5.74) is 4.60. The highest BCUT2D eigenvalue weighted by Gasteiger charge is 2.17. The lowest BCUT2D eigenvalue weighted by molar-refractivity contribution is 0.545. The van der Waals surface area contributed by atoms with Gasteiger partial charge in [0.2, 0.25) is 0 Å². The van der Waals surface area contributed by atoms with Crippen molar-refractivity contribution in [3.8, 4) is 11.1 Å². The number of hydrogen-bond acceptors (Lipinski definition) is 1. The molecule has 0 aliphatic carbocycles. The van der Waals surface area contributed by atoms with Crippen LogP contribution in [0.5, 0.6) is 0 Å². The summed E-state index contributed by atoms with van der Waals surface area (Å²) >= 11 is 0. The minimum Gasteiger partial charge on any atom is -0.399 e. The first-order chi connectivity index (χ1) is 7.99. The molecule has 0 heterocycles. The normalized spacial score (nSPS) is 10.6. The van der Waals surface area contributed by atoms with Gasteiger partial charge in [-0.2, -0.15) is 0 Å². The molecule has 1 nitrogen and oxygen atoms in total. The van der Waals surface area contributed by atoms with Gasteiger partial charge in [0.15, 0.2) is 0 Å². The summed E-state index contributed by atoms with van der Waals surface area (Å²) in [5, 5.41) is 0. The van der Waals surface area contributed by atoms with Gasteiger partial charge in [0.1, 0.15) is 23.3 Å². The molecule has 17 heavy (non-hydrogen) atoms. The summed E-state index contributed by atoms with van der Waals surface area (Å²) in [4.78, 5) is 0. The maximum Gasteiger partial charge on any atom is 0.136 e. The zero-order chi connectivity index (χ0) is 12.6. The molecule has 0 saturated carbocycles. The van der Waals surface area contributed by atoms with Gasteiger partial charge in [-0.1, -0.05) is 0 Å². The van der Waals surface area contributed by atoms with Crippen molar-refractivity contribution in [1.82, 2.24) is 0 Å². The van der Waals surface area contributed by atoms with Crippen molar-refractivity contribution in [1.29, 1.82) is 0 Å². The zero-order valence-corrected chi connectivity index (χ0v) is 8.48. The molecule has 0 aromatic heterocycles. The van der Waals surface area contributed by atoms with Crippen molar-refractivity contribution in [2.24, 2.45) is 0 Å². The van der Waals surface area contributed by atoms with Gasteiger partial charge in [0, 0.05) is 23.4 Å². The van der Waals surface area contributed by atoms with Gasteiger partial charge < -0.3 is 5.73 Å². The summed E-state index contributed by atoms with van der Waals surface area (Å²) in [7, 11) is 0. The molecule has 0 aliphatic rings. The third kappa shape index (κ3) is 2.08. The minimum atomic E-state index is -1.17. The average molecular weight is 241 g/mol. The van der Waals surface area contributed by atoms with E-state index in [0.29, 0.717) is 12.1 Å². The molecule has 0 fully saturated rings. The molecule has 0 atom stereocenters. The molecule has 2 N–H and O–H groups in total. The van der Waals surface area contributed by atoms with Crippen LogP contribution in [0, 0.1) is 23.3 Å². The van der Waals surface area contributed by atoms with E-state index in [1.165, 1.54) is 6.07 Å². The van der Waals surface area contributed by atoms with E-state index in [0.717, 1.165) is 12.1 Å². The predicted octanol–water partition coefficient (Wildman–Crippen LogP) is 3.49. The lowest BCUT2D eigenvalue weighted by atomic mass is 10.0. The molecule has 0 saturated heterocycles. The standard InChI is InChI=1S/C12H7F4N/c13-6-3-10(15)12(11(16)4-6)8-5-7(17)1-2-9(8)14/h1-5H,17H2. The van der Waals surface area contributed by atoms with Gasteiger partial charge in [-0.25, -0.2) is 17.6 Å². The number of halogens is 4. The maximum absolute atomic E-state index is 13.4. The van der Waals surface area contributed by atoms with E-state index in [2.05, 4.69) is 0 Å². The second kappa shape index (κ2) is 4.08. The van der Waals surface area contributed by atoms with Crippen LogP contribution in [0.25, 0.3) is 11.1 Å². The van der Waals surface area contributed by atoms with Crippen molar-refractivity contribution in [2.45, 2.75) is 0 Å². The zero-order valence-electron chi connectivity index (χ0n) is 8.48. The quantitative estimate of drug-likeness (QED) is 0.600. The molecule has 0 radical (unpaired) electrons. The van der Waals surface area contributed by atoms with Crippen LogP contribution in [0.2, 0.25) is 0 Å². The topological polar surface area (TPSA) is 26.0 Å². The second-order valence-electron chi connectivity index (χ2n) is 3.48. The molecule has 0 aliphatic heterocycles. The first-order valence-corrected chi connectivity index (χ1v) is 4.69. The molecule has 5 heteroatoms. The lowest BCUT2D eigenvalue weighted by Gasteiger charge is -2.07. The largest absolute Gasteiger partial charge is 0.399 e. The third-order valence-corrected chi connectivity index (χ3v) is 2.27. The maximum atomic E-state index is 13.4. The van der Waals surface area contributed by atoms with Crippen molar-refractivity contribution in [3.05, 3.63) is 53.6 Å². The number of benzene rings is 2. The van der Waals surface area contributed by atoms with Crippen LogP contribution in [0.15, 0.2) is 30.3 Å². The second-order valence-corrected chi connectivity index (χ2v) is 3.48. The Morgan fingerprint density at radius 2 is 1.35 bits per heavy atom. The van der Waals surface area contributed by atoms with Gasteiger partial charge in [0.25, 0.3) is 0 Å². The Balaban J connectivity index is 2.72. The summed E-state index contributed by atoms with van der Waals surface area (Å²) in [6, 6.07) is 4.32. The molecule has 88 valence electrons. The SMILES string of the molecule is Nc1ccc(F)c(-c2c(F)cc(F)cc2F)c1. The smallest absolute Gasteiger partial charge is 0.136 e. The Hall–Kier alpha value is -2.04. The van der Waals surface area contributed by atoms with E-state index < -0.39 is 28.8 Å². The highest BCUT2D eigenvalue weighted by atomic mass is 19.1. The van der Waals surface area contributed by atoms with Crippen LogP contribution in [-0.4, -0.2) is 0 Å². The van der Waals surface area contributed by atoms with Crippen LogP contribution in [0.1, 0.15) is 0 Å². The van der Waals surface area contributed by atoms with Crippen LogP contribution in [0.4, 0.5) is 23.2 Å². The number of nitrogen functional groups attached to an aromatic ring is 1. The highest BCUT2D eigenvalue weighted by Crippen LogP contribution is 2.30. The van der Waals surface area contributed by atoms with Crippen molar-refractivity contribution in [3.63, 3.8) is 0 Å². The average Bonchev–Trinajstić information content (AvgIpc) is 2.21. The Morgan fingerprint density at radius 3 is 1.94 bits per heavy atom. The summed E-state index contributed by atoms with van der Waals surface area (Å²) in [6.07, 6.45) is 0. The Morgan fingerprint density at radius 1 is 0.765 bits per heavy atom. The monoisotopic (exact) mass is 241 g/mol. The predicted molar refractivity (Wildman–Crippen MR) is 56.1 cm³/mol. The fraction of sp³-hybridized carbons (Fsp3) is 0. The van der Waals surface area contributed by atoms with Crippen molar-refractivity contribution in [2.75, 3.05) is 5.73 Å².